The van der Waals surface area contributed by atoms with E-state index in [2.05, 4.69) is 6.92 Å². The van der Waals surface area contributed by atoms with Gasteiger partial charge in [0.2, 0.25) is 0 Å². The summed E-state index contributed by atoms with van der Waals surface area (Å²) in [6.07, 6.45) is -1.07. The molecule has 1 aliphatic heterocycles. The number of aliphatic hydroxyl groups excluding tert-OH is 1. The van der Waals surface area contributed by atoms with Gasteiger partial charge >= 0.3 is 0 Å². The predicted molar refractivity (Wildman–Crippen MR) is 77.2 cm³/mol. The summed E-state index contributed by atoms with van der Waals surface area (Å²) in [5, 5.41) is 10.5. The van der Waals surface area contributed by atoms with Crippen molar-refractivity contribution in [3.63, 3.8) is 0 Å². The van der Waals surface area contributed by atoms with Crippen LogP contribution in [0.4, 0.5) is 0 Å². The molecule has 0 saturated heterocycles. The molecule has 1 heterocycles. The van der Waals surface area contributed by atoms with E-state index in [1.807, 2.05) is 49.4 Å². The summed E-state index contributed by atoms with van der Waals surface area (Å²) in [5.41, 5.74) is 3.24. The fourth-order valence-corrected chi connectivity index (χ4v) is 2.35. The van der Waals surface area contributed by atoms with E-state index in [9.17, 15) is 5.11 Å². The molecule has 0 aromatic heterocycles. The number of aliphatic hydroxyl groups is 1. The summed E-state index contributed by atoms with van der Waals surface area (Å²) >= 11 is 0. The van der Waals surface area contributed by atoms with Crippen LogP contribution < -0.4 is 9.47 Å². The third-order valence-electron chi connectivity index (χ3n) is 3.76. The molecule has 0 fully saturated rings. The summed E-state index contributed by atoms with van der Waals surface area (Å²) in [7, 11) is 0. The second-order valence-electron chi connectivity index (χ2n) is 5.20. The van der Waals surface area contributed by atoms with Crippen LogP contribution in [0.1, 0.15) is 22.8 Å². The normalized spacial score (nSPS) is 18.6. The first-order valence-electron chi connectivity index (χ1n) is 6.79. The van der Waals surface area contributed by atoms with Gasteiger partial charge in [0.25, 0.3) is 0 Å². The van der Waals surface area contributed by atoms with Crippen LogP contribution in [0.5, 0.6) is 11.5 Å². The number of benzene rings is 2. The molecule has 1 aliphatic rings. The van der Waals surface area contributed by atoms with Crippen LogP contribution in [-0.2, 0) is 0 Å². The van der Waals surface area contributed by atoms with Crippen molar-refractivity contribution in [3.8, 4) is 11.5 Å². The van der Waals surface area contributed by atoms with Gasteiger partial charge in [0.1, 0.15) is 12.7 Å². The lowest BCUT2D eigenvalue weighted by molar-refractivity contribution is -0.0113. The number of para-hydroxylation sites is 2. The molecule has 104 valence electrons. The minimum Gasteiger partial charge on any atom is -0.486 e. The summed E-state index contributed by atoms with van der Waals surface area (Å²) in [4.78, 5) is 0. The second kappa shape index (κ2) is 5.17. The number of rotatable bonds is 2. The maximum Gasteiger partial charge on any atom is 0.163 e. The number of fused-ring (bicyclic) bond motifs is 1. The molecule has 0 bridgehead atoms. The van der Waals surface area contributed by atoms with Crippen molar-refractivity contribution in [1.82, 2.24) is 0 Å². The van der Waals surface area contributed by atoms with Crippen molar-refractivity contribution >= 4 is 0 Å². The maximum absolute atomic E-state index is 10.5. The number of ether oxygens (including phenoxy) is 2. The van der Waals surface area contributed by atoms with Crippen molar-refractivity contribution in [1.29, 1.82) is 0 Å². The largest absolute Gasteiger partial charge is 0.486 e. The van der Waals surface area contributed by atoms with Crippen molar-refractivity contribution in [2.24, 2.45) is 0 Å². The highest BCUT2D eigenvalue weighted by molar-refractivity contribution is 5.41. The lowest BCUT2D eigenvalue weighted by atomic mass is 9.99. The van der Waals surface area contributed by atoms with Crippen LogP contribution in [0.2, 0.25) is 0 Å². The molecule has 3 rings (SSSR count). The Hall–Kier alpha value is -2.00. The fraction of sp³-hybridized carbons (Fsp3) is 0.294. The monoisotopic (exact) mass is 270 g/mol. The fourth-order valence-electron chi connectivity index (χ4n) is 2.35. The second-order valence-corrected chi connectivity index (χ2v) is 5.20. The average molecular weight is 270 g/mol. The van der Waals surface area contributed by atoms with Crippen molar-refractivity contribution in [3.05, 3.63) is 59.2 Å². The summed E-state index contributed by atoms with van der Waals surface area (Å²) < 4.78 is 11.5. The molecule has 2 aromatic carbocycles. The molecule has 1 N–H and O–H groups in total. The zero-order valence-electron chi connectivity index (χ0n) is 11.7. The van der Waals surface area contributed by atoms with E-state index in [1.165, 1.54) is 11.1 Å². The van der Waals surface area contributed by atoms with Gasteiger partial charge < -0.3 is 14.6 Å². The van der Waals surface area contributed by atoms with E-state index in [0.717, 1.165) is 11.3 Å². The third-order valence-corrected chi connectivity index (χ3v) is 3.76. The molecule has 2 aromatic rings. The smallest absolute Gasteiger partial charge is 0.163 e. The zero-order valence-corrected chi connectivity index (χ0v) is 11.7. The quantitative estimate of drug-likeness (QED) is 0.911. The molecular formula is C17H18O3. The Morgan fingerprint density at radius 1 is 1.05 bits per heavy atom. The van der Waals surface area contributed by atoms with Crippen LogP contribution in [0.3, 0.4) is 0 Å². The molecule has 20 heavy (non-hydrogen) atoms. The van der Waals surface area contributed by atoms with E-state index >= 15 is 0 Å². The highest BCUT2D eigenvalue weighted by atomic mass is 16.6. The first-order valence-corrected chi connectivity index (χ1v) is 6.79. The maximum atomic E-state index is 10.5. The Kier molecular flexibility index (Phi) is 3.36. The van der Waals surface area contributed by atoms with E-state index in [1.54, 1.807) is 0 Å². The minimum atomic E-state index is -0.692. The van der Waals surface area contributed by atoms with Gasteiger partial charge in [-0.15, -0.1) is 0 Å². The van der Waals surface area contributed by atoms with Crippen LogP contribution in [0.15, 0.2) is 42.5 Å². The van der Waals surface area contributed by atoms with Crippen LogP contribution in [-0.4, -0.2) is 17.8 Å². The number of aryl methyl sites for hydroxylation is 2. The lowest BCUT2D eigenvalue weighted by Crippen LogP contribution is -2.34. The number of hydrogen-bond donors (Lipinski definition) is 1. The number of hydrogen-bond acceptors (Lipinski definition) is 3. The molecule has 0 radical (unpaired) electrons. The summed E-state index contributed by atoms with van der Waals surface area (Å²) in [5.74, 6) is 1.42. The van der Waals surface area contributed by atoms with Crippen molar-refractivity contribution in [2.45, 2.75) is 26.1 Å². The molecule has 2 atom stereocenters. The van der Waals surface area contributed by atoms with Crippen LogP contribution in [0, 0.1) is 13.8 Å². The molecule has 0 spiro atoms. The molecule has 3 heteroatoms. The Morgan fingerprint density at radius 3 is 2.55 bits per heavy atom. The van der Waals surface area contributed by atoms with E-state index in [4.69, 9.17) is 9.47 Å². The van der Waals surface area contributed by atoms with Crippen LogP contribution in [0.25, 0.3) is 0 Å². The topological polar surface area (TPSA) is 38.7 Å². The Morgan fingerprint density at radius 2 is 1.80 bits per heavy atom. The van der Waals surface area contributed by atoms with Gasteiger partial charge in [-0.1, -0.05) is 30.3 Å². The van der Waals surface area contributed by atoms with E-state index in [0.29, 0.717) is 12.4 Å². The predicted octanol–water partition coefficient (Wildman–Crippen LogP) is 3.18. The Bertz CT molecular complexity index is 621. The molecule has 0 saturated carbocycles. The molecular weight excluding hydrogens is 252 g/mol. The zero-order chi connectivity index (χ0) is 14.1. The van der Waals surface area contributed by atoms with Gasteiger partial charge in [-0.2, -0.15) is 0 Å². The summed E-state index contributed by atoms with van der Waals surface area (Å²) in [6, 6.07) is 13.5. The Balaban J connectivity index is 1.82. The minimum absolute atomic E-state index is 0.352. The highest BCUT2D eigenvalue weighted by Crippen LogP contribution is 2.34. The van der Waals surface area contributed by atoms with Gasteiger partial charge in [-0.25, -0.2) is 0 Å². The Labute approximate surface area is 118 Å². The first kappa shape index (κ1) is 13.0. The van der Waals surface area contributed by atoms with Crippen molar-refractivity contribution < 1.29 is 14.6 Å². The van der Waals surface area contributed by atoms with Gasteiger partial charge in [0.15, 0.2) is 17.6 Å². The molecule has 2 unspecified atom stereocenters. The third kappa shape index (κ3) is 2.37. The SMILES string of the molecule is Cc1ccc(C(O)C2COc3ccccc3O2)cc1C. The van der Waals surface area contributed by atoms with E-state index in [-0.39, 0.29) is 6.10 Å². The molecule has 0 amide bonds. The van der Waals surface area contributed by atoms with Crippen LogP contribution >= 0.6 is 0 Å². The van der Waals surface area contributed by atoms with Gasteiger partial charge in [0.05, 0.1) is 0 Å². The first-order chi connectivity index (χ1) is 9.65. The average Bonchev–Trinajstić information content (AvgIpc) is 2.49. The van der Waals surface area contributed by atoms with Gasteiger partial charge in [-0.05, 0) is 42.7 Å². The highest BCUT2D eigenvalue weighted by Gasteiger charge is 2.28. The lowest BCUT2D eigenvalue weighted by Gasteiger charge is -2.30. The van der Waals surface area contributed by atoms with Gasteiger partial charge in [0, 0.05) is 0 Å². The van der Waals surface area contributed by atoms with Gasteiger partial charge in [-0.3, -0.25) is 0 Å². The standard InChI is InChI=1S/C17H18O3/c1-11-7-8-13(9-12(11)2)17(18)16-10-19-14-5-3-4-6-15(14)20-16/h3-9,16-18H,10H2,1-2H3. The summed E-state index contributed by atoms with van der Waals surface area (Å²) in [6.45, 7) is 4.45. The molecule has 3 nitrogen and oxygen atoms in total. The molecule has 0 aliphatic carbocycles. The van der Waals surface area contributed by atoms with E-state index < -0.39 is 6.10 Å². The van der Waals surface area contributed by atoms with Crippen molar-refractivity contribution in [2.75, 3.05) is 6.61 Å².